The van der Waals surface area contributed by atoms with Crippen molar-refractivity contribution in [3.8, 4) is 0 Å². The molecule has 0 aliphatic heterocycles. The van der Waals surface area contributed by atoms with Crippen LogP contribution in [0, 0.1) is 0 Å². The highest BCUT2D eigenvalue weighted by molar-refractivity contribution is 9.10. The molecule has 4 heteroatoms. The summed E-state index contributed by atoms with van der Waals surface area (Å²) in [6.07, 6.45) is 0. The molecule has 80 valence electrons. The van der Waals surface area contributed by atoms with Crippen molar-refractivity contribution in [1.82, 2.24) is 5.32 Å². The fraction of sp³-hybridized carbons (Fsp3) is 0.273. The van der Waals surface area contributed by atoms with Crippen LogP contribution in [-0.2, 0) is 0 Å². The van der Waals surface area contributed by atoms with Gasteiger partial charge in [-0.15, -0.1) is 11.3 Å². The maximum absolute atomic E-state index is 3.60. The van der Waals surface area contributed by atoms with E-state index in [1.54, 1.807) is 22.7 Å². The summed E-state index contributed by atoms with van der Waals surface area (Å²) >= 11 is 7.13. The molecule has 0 aromatic carbocycles. The summed E-state index contributed by atoms with van der Waals surface area (Å²) in [5.41, 5.74) is 1.34. The van der Waals surface area contributed by atoms with E-state index in [1.165, 1.54) is 14.9 Å². The van der Waals surface area contributed by atoms with E-state index in [1.807, 2.05) is 0 Å². The first-order valence-electron chi connectivity index (χ1n) is 4.81. The first kappa shape index (κ1) is 11.3. The average Bonchev–Trinajstić information content (AvgIpc) is 2.85. The standard InChI is InChI=1S/C11H12BrNS2/c1-2-13-11(10-4-3-5-15-10)8-6-14-7-9(8)12/h3-7,11,13H,2H2,1H3. The van der Waals surface area contributed by atoms with Crippen molar-refractivity contribution in [3.05, 3.63) is 43.2 Å². The van der Waals surface area contributed by atoms with Crippen LogP contribution in [0.3, 0.4) is 0 Å². The Balaban J connectivity index is 2.32. The fourth-order valence-electron chi connectivity index (χ4n) is 1.52. The second kappa shape index (κ2) is 5.25. The molecule has 2 rings (SSSR count). The number of hydrogen-bond donors (Lipinski definition) is 1. The van der Waals surface area contributed by atoms with Gasteiger partial charge in [-0.2, -0.15) is 11.3 Å². The summed E-state index contributed by atoms with van der Waals surface area (Å²) in [7, 11) is 0. The van der Waals surface area contributed by atoms with E-state index in [0.717, 1.165) is 6.54 Å². The summed E-state index contributed by atoms with van der Waals surface area (Å²) in [6, 6.07) is 4.61. The van der Waals surface area contributed by atoms with Crippen molar-refractivity contribution in [1.29, 1.82) is 0 Å². The summed E-state index contributed by atoms with van der Waals surface area (Å²) in [4.78, 5) is 1.37. The van der Waals surface area contributed by atoms with Crippen LogP contribution in [0.2, 0.25) is 0 Å². The van der Waals surface area contributed by atoms with Gasteiger partial charge in [0.1, 0.15) is 0 Å². The van der Waals surface area contributed by atoms with Gasteiger partial charge in [0, 0.05) is 14.7 Å². The highest BCUT2D eigenvalue weighted by atomic mass is 79.9. The quantitative estimate of drug-likeness (QED) is 0.889. The average molecular weight is 302 g/mol. The van der Waals surface area contributed by atoms with Crippen LogP contribution in [-0.4, -0.2) is 6.54 Å². The Bertz CT molecular complexity index is 408. The number of rotatable bonds is 4. The molecule has 0 amide bonds. The largest absolute Gasteiger partial charge is 0.306 e. The lowest BCUT2D eigenvalue weighted by molar-refractivity contribution is 0.639. The highest BCUT2D eigenvalue weighted by Crippen LogP contribution is 2.33. The Morgan fingerprint density at radius 1 is 1.47 bits per heavy atom. The summed E-state index contributed by atoms with van der Waals surface area (Å²) in [6.45, 7) is 3.12. The van der Waals surface area contributed by atoms with Gasteiger partial charge >= 0.3 is 0 Å². The van der Waals surface area contributed by atoms with Crippen LogP contribution in [0.25, 0.3) is 0 Å². The van der Waals surface area contributed by atoms with Gasteiger partial charge in [0.15, 0.2) is 0 Å². The minimum absolute atomic E-state index is 0.329. The lowest BCUT2D eigenvalue weighted by Crippen LogP contribution is -2.20. The number of hydrogen-bond acceptors (Lipinski definition) is 3. The van der Waals surface area contributed by atoms with Crippen LogP contribution >= 0.6 is 38.6 Å². The first-order chi connectivity index (χ1) is 7.33. The van der Waals surface area contributed by atoms with Crippen molar-refractivity contribution in [2.75, 3.05) is 6.54 Å². The Hall–Kier alpha value is -0.160. The van der Waals surface area contributed by atoms with Crippen LogP contribution in [0.1, 0.15) is 23.4 Å². The molecule has 1 unspecified atom stereocenters. The van der Waals surface area contributed by atoms with E-state index in [9.17, 15) is 0 Å². The molecule has 1 atom stereocenters. The first-order valence-corrected chi connectivity index (χ1v) is 7.43. The van der Waals surface area contributed by atoms with Gasteiger partial charge in [-0.25, -0.2) is 0 Å². The smallest absolute Gasteiger partial charge is 0.0690 e. The fourth-order valence-corrected chi connectivity index (χ4v) is 3.89. The van der Waals surface area contributed by atoms with Crippen LogP contribution in [0.15, 0.2) is 32.7 Å². The molecule has 0 saturated carbocycles. The Morgan fingerprint density at radius 2 is 2.33 bits per heavy atom. The number of thiophene rings is 2. The molecule has 15 heavy (non-hydrogen) atoms. The molecule has 0 aliphatic rings. The maximum atomic E-state index is 3.60. The number of nitrogens with one attached hydrogen (secondary N) is 1. The van der Waals surface area contributed by atoms with Crippen LogP contribution < -0.4 is 5.32 Å². The maximum Gasteiger partial charge on any atom is 0.0690 e. The van der Waals surface area contributed by atoms with E-state index < -0.39 is 0 Å². The van der Waals surface area contributed by atoms with Crippen LogP contribution in [0.4, 0.5) is 0 Å². The van der Waals surface area contributed by atoms with E-state index in [2.05, 4.69) is 56.4 Å². The highest BCUT2D eigenvalue weighted by Gasteiger charge is 2.16. The van der Waals surface area contributed by atoms with Gasteiger partial charge in [-0.3, -0.25) is 0 Å². The SMILES string of the molecule is CCNC(c1cccs1)c1cscc1Br. The summed E-state index contributed by atoms with van der Waals surface area (Å²) in [5, 5.41) is 9.98. The monoisotopic (exact) mass is 301 g/mol. The third-order valence-electron chi connectivity index (χ3n) is 2.19. The zero-order valence-corrected chi connectivity index (χ0v) is 11.6. The second-order valence-corrected chi connectivity index (χ2v) is 5.76. The molecule has 0 spiro atoms. The van der Waals surface area contributed by atoms with Gasteiger partial charge in [-0.05, 0) is 44.9 Å². The van der Waals surface area contributed by atoms with Gasteiger partial charge in [0.25, 0.3) is 0 Å². The molecule has 2 aromatic heterocycles. The Kier molecular flexibility index (Phi) is 3.97. The van der Waals surface area contributed by atoms with E-state index in [0.29, 0.717) is 6.04 Å². The van der Waals surface area contributed by atoms with Gasteiger partial charge in [-0.1, -0.05) is 13.0 Å². The van der Waals surface area contributed by atoms with Gasteiger partial charge in [0.05, 0.1) is 6.04 Å². The lowest BCUT2D eigenvalue weighted by Gasteiger charge is -2.15. The number of halogens is 1. The normalized spacial score (nSPS) is 12.9. The Morgan fingerprint density at radius 3 is 2.87 bits per heavy atom. The molecule has 0 bridgehead atoms. The zero-order valence-electron chi connectivity index (χ0n) is 8.37. The third kappa shape index (κ3) is 2.50. The molecule has 2 aromatic rings. The van der Waals surface area contributed by atoms with Crippen molar-refractivity contribution < 1.29 is 0 Å². The minimum atomic E-state index is 0.329. The van der Waals surface area contributed by atoms with Gasteiger partial charge < -0.3 is 5.32 Å². The van der Waals surface area contributed by atoms with E-state index in [-0.39, 0.29) is 0 Å². The third-order valence-corrected chi connectivity index (χ3v) is 4.88. The zero-order chi connectivity index (χ0) is 10.7. The molecular formula is C11H12BrNS2. The lowest BCUT2D eigenvalue weighted by atomic mass is 10.1. The summed E-state index contributed by atoms with van der Waals surface area (Å²) < 4.78 is 1.20. The molecular weight excluding hydrogens is 290 g/mol. The van der Waals surface area contributed by atoms with Crippen molar-refractivity contribution in [3.63, 3.8) is 0 Å². The van der Waals surface area contributed by atoms with Crippen LogP contribution in [0.5, 0.6) is 0 Å². The molecule has 1 nitrogen and oxygen atoms in total. The van der Waals surface area contributed by atoms with Crippen molar-refractivity contribution in [2.24, 2.45) is 0 Å². The topological polar surface area (TPSA) is 12.0 Å². The molecule has 0 saturated heterocycles. The molecule has 1 N–H and O–H groups in total. The molecule has 0 fully saturated rings. The molecule has 0 aliphatic carbocycles. The Labute approximate surface area is 106 Å². The van der Waals surface area contributed by atoms with Crippen molar-refractivity contribution >= 4 is 38.6 Å². The molecule has 2 heterocycles. The predicted molar refractivity (Wildman–Crippen MR) is 71.9 cm³/mol. The van der Waals surface area contributed by atoms with E-state index >= 15 is 0 Å². The van der Waals surface area contributed by atoms with Crippen molar-refractivity contribution in [2.45, 2.75) is 13.0 Å². The van der Waals surface area contributed by atoms with E-state index in [4.69, 9.17) is 0 Å². The molecule has 0 radical (unpaired) electrons. The predicted octanol–water partition coefficient (Wildman–Crippen LogP) is 4.27. The second-order valence-electron chi connectivity index (χ2n) is 3.18. The van der Waals surface area contributed by atoms with Gasteiger partial charge in [0.2, 0.25) is 0 Å². The minimum Gasteiger partial charge on any atom is -0.306 e. The summed E-state index contributed by atoms with van der Waals surface area (Å²) in [5.74, 6) is 0.